The molecule has 0 bridgehead atoms. The summed E-state index contributed by atoms with van der Waals surface area (Å²) in [6.45, 7) is 0. The predicted molar refractivity (Wildman–Crippen MR) is 56.7 cm³/mol. The predicted octanol–water partition coefficient (Wildman–Crippen LogP) is 1.37. The topological polar surface area (TPSA) is 84.2 Å². The van der Waals surface area contributed by atoms with E-state index >= 15 is 0 Å². The maximum atomic E-state index is 9.30. The highest BCUT2D eigenvalue weighted by Gasteiger charge is 2.10. The van der Waals surface area contributed by atoms with Crippen molar-refractivity contribution < 1.29 is 9.84 Å². The molecule has 2 aromatic rings. The molecule has 5 nitrogen and oxygen atoms in total. The van der Waals surface area contributed by atoms with Gasteiger partial charge in [-0.25, -0.2) is 0 Å². The van der Waals surface area contributed by atoms with Crippen molar-refractivity contribution in [2.45, 2.75) is 0 Å². The van der Waals surface area contributed by atoms with Gasteiger partial charge < -0.3 is 15.6 Å². The number of nitrogens with two attached hydrogens (primary N) is 1. The minimum atomic E-state index is 0.151. The molecule has 78 valence electrons. The first-order valence-electron chi connectivity index (χ1n) is 4.38. The summed E-state index contributed by atoms with van der Waals surface area (Å²) in [6, 6.07) is 4.83. The lowest BCUT2D eigenvalue weighted by Crippen LogP contribution is -1.91. The summed E-state index contributed by atoms with van der Waals surface area (Å²) >= 11 is 0. The number of anilines is 1. The summed E-state index contributed by atoms with van der Waals surface area (Å²) in [5.41, 5.74) is 7.25. The maximum absolute atomic E-state index is 9.30. The quantitative estimate of drug-likeness (QED) is 0.691. The molecule has 0 unspecified atom stereocenters. The van der Waals surface area contributed by atoms with Gasteiger partial charge in [-0.1, -0.05) is 0 Å². The van der Waals surface area contributed by atoms with Gasteiger partial charge in [-0.2, -0.15) is 5.10 Å². The number of aromatic hydroxyl groups is 1. The van der Waals surface area contributed by atoms with E-state index in [0.717, 1.165) is 11.1 Å². The Bertz CT molecular complexity index is 479. The zero-order chi connectivity index (χ0) is 10.8. The van der Waals surface area contributed by atoms with Gasteiger partial charge in [-0.15, -0.1) is 0 Å². The Hall–Kier alpha value is -2.17. The van der Waals surface area contributed by atoms with E-state index in [1.807, 2.05) is 0 Å². The number of aromatic amines is 1. The average Bonchev–Trinajstić information content (AvgIpc) is 2.64. The first-order chi connectivity index (χ1) is 7.22. The van der Waals surface area contributed by atoms with Crippen molar-refractivity contribution in [3.63, 3.8) is 0 Å². The molecule has 0 saturated heterocycles. The van der Waals surface area contributed by atoms with Crippen LogP contribution in [-0.4, -0.2) is 22.4 Å². The van der Waals surface area contributed by atoms with Gasteiger partial charge in [-0.05, 0) is 12.1 Å². The Labute approximate surface area is 86.5 Å². The highest BCUT2D eigenvalue weighted by atomic mass is 16.5. The number of phenolic OH excluding ortho intramolecular Hbond substituents is 1. The van der Waals surface area contributed by atoms with Crippen LogP contribution in [-0.2, 0) is 0 Å². The maximum Gasteiger partial charge on any atom is 0.130 e. The van der Waals surface area contributed by atoms with Gasteiger partial charge in [-0.3, -0.25) is 5.10 Å². The minimum absolute atomic E-state index is 0.151. The third-order valence-electron chi connectivity index (χ3n) is 2.14. The molecule has 0 aliphatic heterocycles. The normalized spacial score (nSPS) is 10.2. The van der Waals surface area contributed by atoms with E-state index in [-0.39, 0.29) is 5.75 Å². The van der Waals surface area contributed by atoms with Crippen molar-refractivity contribution in [2.75, 3.05) is 12.8 Å². The second kappa shape index (κ2) is 3.53. The number of phenols is 1. The lowest BCUT2D eigenvalue weighted by molar-refractivity contribution is 0.409. The first kappa shape index (κ1) is 9.39. The fraction of sp³-hybridized carbons (Fsp3) is 0.100. The lowest BCUT2D eigenvalue weighted by Gasteiger charge is -2.07. The largest absolute Gasteiger partial charge is 0.508 e. The second-order valence-corrected chi connectivity index (χ2v) is 3.08. The highest BCUT2D eigenvalue weighted by Crippen LogP contribution is 2.34. The fourth-order valence-electron chi connectivity index (χ4n) is 1.41. The van der Waals surface area contributed by atoms with Gasteiger partial charge in [0, 0.05) is 17.2 Å². The standard InChI is InChI=1S/C10H11N3O2/c1-15-9-4-6(14)2-3-7(9)8-5-12-13-10(8)11/h2-5,14H,1H3,(H3,11,12,13). The Kier molecular flexibility index (Phi) is 2.21. The van der Waals surface area contributed by atoms with Gasteiger partial charge in [0.25, 0.3) is 0 Å². The van der Waals surface area contributed by atoms with Crippen molar-refractivity contribution in [2.24, 2.45) is 0 Å². The van der Waals surface area contributed by atoms with Crippen LogP contribution in [0.1, 0.15) is 0 Å². The molecule has 1 heterocycles. The molecule has 0 aliphatic carbocycles. The van der Waals surface area contributed by atoms with E-state index in [0.29, 0.717) is 11.6 Å². The Morgan fingerprint density at radius 2 is 2.20 bits per heavy atom. The number of H-pyrrole nitrogens is 1. The number of ether oxygens (including phenoxy) is 1. The molecule has 5 heteroatoms. The number of hydrogen-bond acceptors (Lipinski definition) is 4. The van der Waals surface area contributed by atoms with Crippen LogP contribution in [0.3, 0.4) is 0 Å². The highest BCUT2D eigenvalue weighted by molar-refractivity contribution is 5.78. The lowest BCUT2D eigenvalue weighted by atomic mass is 10.1. The smallest absolute Gasteiger partial charge is 0.130 e. The van der Waals surface area contributed by atoms with Gasteiger partial charge in [0.05, 0.1) is 13.3 Å². The third kappa shape index (κ3) is 1.59. The molecule has 0 radical (unpaired) electrons. The van der Waals surface area contributed by atoms with Gasteiger partial charge >= 0.3 is 0 Å². The SMILES string of the molecule is COc1cc(O)ccc1-c1cn[nH]c1N. The summed E-state index contributed by atoms with van der Waals surface area (Å²) in [5, 5.41) is 15.8. The van der Waals surface area contributed by atoms with E-state index in [4.69, 9.17) is 10.5 Å². The number of nitrogens with one attached hydrogen (secondary N) is 1. The van der Waals surface area contributed by atoms with Gasteiger partial charge in [0.2, 0.25) is 0 Å². The summed E-state index contributed by atoms with van der Waals surface area (Å²) in [6.07, 6.45) is 1.62. The molecule has 0 saturated carbocycles. The van der Waals surface area contributed by atoms with E-state index in [1.54, 1.807) is 18.3 Å². The fourth-order valence-corrected chi connectivity index (χ4v) is 1.41. The van der Waals surface area contributed by atoms with Crippen LogP contribution in [0, 0.1) is 0 Å². The van der Waals surface area contributed by atoms with Crippen molar-refractivity contribution >= 4 is 5.82 Å². The molecule has 0 atom stereocenters. The van der Waals surface area contributed by atoms with Crippen molar-refractivity contribution in [1.29, 1.82) is 0 Å². The number of rotatable bonds is 2. The number of hydrogen-bond donors (Lipinski definition) is 3. The monoisotopic (exact) mass is 205 g/mol. The Morgan fingerprint density at radius 1 is 1.40 bits per heavy atom. The molecular weight excluding hydrogens is 194 g/mol. The molecule has 1 aromatic carbocycles. The molecule has 0 aliphatic rings. The molecule has 15 heavy (non-hydrogen) atoms. The first-order valence-corrected chi connectivity index (χ1v) is 4.38. The van der Waals surface area contributed by atoms with Crippen LogP contribution >= 0.6 is 0 Å². The van der Waals surface area contributed by atoms with Gasteiger partial charge in [0.15, 0.2) is 0 Å². The molecule has 0 spiro atoms. The third-order valence-corrected chi connectivity index (χ3v) is 2.14. The van der Waals surface area contributed by atoms with Crippen molar-refractivity contribution in [3.05, 3.63) is 24.4 Å². The number of benzene rings is 1. The summed E-state index contributed by atoms with van der Waals surface area (Å²) in [5.74, 6) is 1.18. The molecular formula is C10H11N3O2. The number of nitrogen functional groups attached to an aromatic ring is 1. The van der Waals surface area contributed by atoms with Crippen LogP contribution in [0.5, 0.6) is 11.5 Å². The number of nitrogens with zero attached hydrogens (tertiary/aromatic N) is 1. The molecule has 2 rings (SSSR count). The van der Waals surface area contributed by atoms with E-state index in [9.17, 15) is 5.11 Å². The van der Waals surface area contributed by atoms with E-state index < -0.39 is 0 Å². The molecule has 0 fully saturated rings. The molecule has 1 aromatic heterocycles. The average molecular weight is 205 g/mol. The number of methoxy groups -OCH3 is 1. The van der Waals surface area contributed by atoms with Crippen molar-refractivity contribution in [1.82, 2.24) is 10.2 Å². The Morgan fingerprint density at radius 3 is 2.80 bits per heavy atom. The zero-order valence-corrected chi connectivity index (χ0v) is 8.19. The zero-order valence-electron chi connectivity index (χ0n) is 8.19. The van der Waals surface area contributed by atoms with Crippen LogP contribution in [0.2, 0.25) is 0 Å². The summed E-state index contributed by atoms with van der Waals surface area (Å²) in [4.78, 5) is 0. The van der Waals surface area contributed by atoms with Crippen LogP contribution in [0.15, 0.2) is 24.4 Å². The van der Waals surface area contributed by atoms with E-state index in [2.05, 4.69) is 10.2 Å². The van der Waals surface area contributed by atoms with Crippen LogP contribution in [0.4, 0.5) is 5.82 Å². The van der Waals surface area contributed by atoms with E-state index in [1.165, 1.54) is 13.2 Å². The number of aromatic nitrogens is 2. The minimum Gasteiger partial charge on any atom is -0.508 e. The summed E-state index contributed by atoms with van der Waals surface area (Å²) < 4.78 is 5.15. The summed E-state index contributed by atoms with van der Waals surface area (Å²) in [7, 11) is 1.54. The molecule has 4 N–H and O–H groups in total. The van der Waals surface area contributed by atoms with Crippen LogP contribution in [0.25, 0.3) is 11.1 Å². The van der Waals surface area contributed by atoms with Crippen molar-refractivity contribution in [3.8, 4) is 22.6 Å². The van der Waals surface area contributed by atoms with Crippen LogP contribution < -0.4 is 10.5 Å². The molecule has 0 amide bonds. The Balaban J connectivity index is 2.58. The van der Waals surface area contributed by atoms with Gasteiger partial charge in [0.1, 0.15) is 17.3 Å². The second-order valence-electron chi connectivity index (χ2n) is 3.08.